The lowest BCUT2D eigenvalue weighted by molar-refractivity contribution is 0.403. The largest absolute Gasteiger partial charge is 0.311 e. The van der Waals surface area contributed by atoms with Gasteiger partial charge in [-0.2, -0.15) is 0 Å². The van der Waals surface area contributed by atoms with Gasteiger partial charge in [0.15, 0.2) is 0 Å². The minimum Gasteiger partial charge on any atom is -0.311 e. The first-order chi connectivity index (χ1) is 35.8. The molecule has 0 amide bonds. The van der Waals surface area contributed by atoms with E-state index in [9.17, 15) is 0 Å². The van der Waals surface area contributed by atoms with Crippen molar-refractivity contribution in [3.63, 3.8) is 0 Å². The molecular formula is C74H84BN. The molecule has 388 valence electrons. The van der Waals surface area contributed by atoms with Crippen LogP contribution in [-0.2, 0) is 33.5 Å². The van der Waals surface area contributed by atoms with Crippen molar-refractivity contribution in [2.24, 2.45) is 0 Å². The maximum Gasteiger partial charge on any atom is 0.242 e. The third-order valence-electron chi connectivity index (χ3n) is 17.7. The summed E-state index contributed by atoms with van der Waals surface area (Å²) >= 11 is 0. The molecule has 76 heavy (non-hydrogen) atoms. The number of anilines is 3. The first kappa shape index (κ1) is 53.0. The van der Waals surface area contributed by atoms with E-state index in [0.29, 0.717) is 0 Å². The van der Waals surface area contributed by atoms with E-state index in [1.807, 2.05) is 0 Å². The summed E-state index contributed by atoms with van der Waals surface area (Å²) in [7, 11) is 0. The van der Waals surface area contributed by atoms with Gasteiger partial charge < -0.3 is 4.90 Å². The van der Waals surface area contributed by atoms with Gasteiger partial charge in [-0.15, -0.1) is 0 Å². The number of benzene rings is 8. The van der Waals surface area contributed by atoms with Crippen molar-refractivity contribution in [2.45, 2.75) is 169 Å². The van der Waals surface area contributed by atoms with Crippen LogP contribution >= 0.6 is 0 Å². The van der Waals surface area contributed by atoms with Crippen LogP contribution in [0.4, 0.5) is 17.1 Å². The molecule has 0 saturated carbocycles. The Bertz CT molecular complexity index is 3390. The fourth-order valence-corrected chi connectivity index (χ4v) is 13.6. The van der Waals surface area contributed by atoms with Crippen LogP contribution in [0.5, 0.6) is 0 Å². The predicted octanol–water partition coefficient (Wildman–Crippen LogP) is 18.0. The van der Waals surface area contributed by atoms with Crippen molar-refractivity contribution in [1.82, 2.24) is 0 Å². The van der Waals surface area contributed by atoms with Gasteiger partial charge in [0.1, 0.15) is 0 Å². The van der Waals surface area contributed by atoms with Gasteiger partial charge in [-0.25, -0.2) is 0 Å². The minimum absolute atomic E-state index is 0.00309. The monoisotopic (exact) mass is 998 g/mol. The number of nitrogens with zero attached hydrogens (tertiary/aromatic N) is 1. The van der Waals surface area contributed by atoms with Crippen LogP contribution in [0.2, 0.25) is 0 Å². The maximum atomic E-state index is 2.74. The number of fused-ring (bicyclic) bond motifs is 3. The minimum atomic E-state index is -0.0258. The molecule has 1 aliphatic heterocycles. The molecule has 2 aliphatic rings. The summed E-state index contributed by atoms with van der Waals surface area (Å²) in [4.78, 5) is 2.47. The Morgan fingerprint density at radius 3 is 1.61 bits per heavy atom. The third-order valence-corrected chi connectivity index (χ3v) is 17.7. The Labute approximate surface area is 459 Å². The zero-order chi connectivity index (χ0) is 54.3. The molecule has 0 bridgehead atoms. The van der Waals surface area contributed by atoms with Crippen LogP contribution in [0.25, 0.3) is 11.1 Å². The zero-order valence-electron chi connectivity index (χ0n) is 49.0. The molecule has 1 nitrogen and oxygen atoms in total. The normalized spacial score (nSPS) is 16.2. The van der Waals surface area contributed by atoms with Crippen molar-refractivity contribution < 1.29 is 0 Å². The van der Waals surface area contributed by atoms with E-state index < -0.39 is 0 Å². The summed E-state index contributed by atoms with van der Waals surface area (Å²) in [5.74, 6) is 0.287. The highest BCUT2D eigenvalue weighted by atomic mass is 15.1. The SMILES string of the molecule is Cc1cc(C(C)(C)C)ccc1CCC1c2cc3c(cc2B(c2cc(N(c4ccccc4)c4ccccc4)ccc2C(C)c2ccc(C(C)(C)C)cc2-c2ccccc2)c2c(C)cc(C(C)(C)C)cc21)C(C)(C)CC3(C)C. The highest BCUT2D eigenvalue weighted by Crippen LogP contribution is 2.51. The average Bonchev–Trinajstić information content (AvgIpc) is 3.66. The Morgan fingerprint density at radius 2 is 1.03 bits per heavy atom. The van der Waals surface area contributed by atoms with E-state index in [1.54, 1.807) is 0 Å². The summed E-state index contributed by atoms with van der Waals surface area (Å²) in [5.41, 5.74) is 27.8. The maximum absolute atomic E-state index is 2.74. The van der Waals surface area contributed by atoms with E-state index in [1.165, 1.54) is 100.0 Å². The third kappa shape index (κ3) is 9.96. The Balaban J connectivity index is 1.28. The van der Waals surface area contributed by atoms with Gasteiger partial charge in [0.2, 0.25) is 6.71 Å². The van der Waals surface area contributed by atoms with E-state index in [-0.39, 0.29) is 45.6 Å². The van der Waals surface area contributed by atoms with E-state index in [4.69, 9.17) is 0 Å². The molecule has 0 fully saturated rings. The van der Waals surface area contributed by atoms with Gasteiger partial charge in [0.05, 0.1) is 0 Å². The Hall–Kier alpha value is -6.38. The van der Waals surface area contributed by atoms with Gasteiger partial charge in [-0.3, -0.25) is 0 Å². The molecule has 2 atom stereocenters. The van der Waals surface area contributed by atoms with Crippen LogP contribution in [0.3, 0.4) is 0 Å². The molecule has 1 aliphatic carbocycles. The summed E-state index contributed by atoms with van der Waals surface area (Å²) in [5, 5.41) is 0. The smallest absolute Gasteiger partial charge is 0.242 e. The molecule has 1 heterocycles. The van der Waals surface area contributed by atoms with Crippen molar-refractivity contribution in [3.8, 4) is 11.1 Å². The topological polar surface area (TPSA) is 3.24 Å². The standard InChI is InChI=1S/C74H84BN/c1-48-40-53(70(4,5)6)34-32-51(48)33-37-61-63-45-65-66(74(15,16)47-73(65,13)14)46-68(63)75(69-49(2)41-55(43-64(61)69)72(10,11)12)67-44-58(76(56-28-22-18-23-29-56)57-30-24-19-25-31-57)36-39-60(67)50(3)59-38-35-54(71(7,8)9)42-62(59)52-26-20-17-21-27-52/h17-32,34-36,38-46,50,61H,33,37,47H2,1-16H3. The van der Waals surface area contributed by atoms with Gasteiger partial charge in [0, 0.05) is 28.9 Å². The van der Waals surface area contributed by atoms with Crippen molar-refractivity contribution in [1.29, 1.82) is 0 Å². The van der Waals surface area contributed by atoms with Crippen molar-refractivity contribution in [2.75, 3.05) is 4.90 Å². The van der Waals surface area contributed by atoms with E-state index in [0.717, 1.165) is 30.6 Å². The second kappa shape index (κ2) is 19.6. The lowest BCUT2D eigenvalue weighted by Gasteiger charge is -2.39. The summed E-state index contributed by atoms with van der Waals surface area (Å²) < 4.78 is 0. The summed E-state index contributed by atoms with van der Waals surface area (Å²) in [6, 6.07) is 65.9. The highest BCUT2D eigenvalue weighted by Gasteiger charge is 2.46. The number of para-hydroxylation sites is 2. The molecule has 0 aromatic heterocycles. The fraction of sp³-hybridized carbons (Fsp3) is 0.351. The molecule has 0 saturated heterocycles. The average molecular weight is 998 g/mol. The van der Waals surface area contributed by atoms with Gasteiger partial charge in [0.25, 0.3) is 0 Å². The van der Waals surface area contributed by atoms with Gasteiger partial charge in [-0.05, 0) is 169 Å². The second-order valence-corrected chi connectivity index (χ2v) is 27.4. The van der Waals surface area contributed by atoms with Crippen LogP contribution in [0.15, 0.2) is 170 Å². The van der Waals surface area contributed by atoms with E-state index >= 15 is 0 Å². The van der Waals surface area contributed by atoms with Gasteiger partial charge >= 0.3 is 0 Å². The summed E-state index contributed by atoms with van der Waals surface area (Å²) in [6.07, 6.45) is 3.18. The highest BCUT2D eigenvalue weighted by molar-refractivity contribution is 6.97. The lowest BCUT2D eigenvalue weighted by atomic mass is 9.31. The van der Waals surface area contributed by atoms with Crippen LogP contribution in [0, 0.1) is 13.8 Å². The zero-order valence-corrected chi connectivity index (χ0v) is 49.0. The molecule has 8 aromatic rings. The fourth-order valence-electron chi connectivity index (χ4n) is 13.6. The number of aryl methyl sites for hydroxylation is 3. The molecule has 10 rings (SSSR count). The van der Waals surface area contributed by atoms with Crippen molar-refractivity contribution in [3.05, 3.63) is 237 Å². The van der Waals surface area contributed by atoms with Crippen LogP contribution in [-0.4, -0.2) is 6.71 Å². The molecule has 0 radical (unpaired) electrons. The molecule has 2 heteroatoms. The molecule has 2 unspecified atom stereocenters. The first-order valence-corrected chi connectivity index (χ1v) is 28.5. The predicted molar refractivity (Wildman–Crippen MR) is 331 cm³/mol. The molecule has 8 aromatic carbocycles. The molecular weight excluding hydrogens is 914 g/mol. The Kier molecular flexibility index (Phi) is 13.7. The molecule has 0 N–H and O–H groups in total. The van der Waals surface area contributed by atoms with E-state index in [2.05, 4.69) is 286 Å². The second-order valence-electron chi connectivity index (χ2n) is 27.4. The Morgan fingerprint density at radius 1 is 0.500 bits per heavy atom. The summed E-state index contributed by atoms with van der Waals surface area (Å²) in [6.45, 7) is 38.4. The van der Waals surface area contributed by atoms with Crippen LogP contribution in [0.1, 0.15) is 188 Å². The first-order valence-electron chi connectivity index (χ1n) is 28.5. The molecule has 0 spiro atoms. The number of rotatable bonds is 10. The quantitative estimate of drug-likeness (QED) is 0.123. The van der Waals surface area contributed by atoms with Crippen LogP contribution < -0.4 is 21.3 Å². The van der Waals surface area contributed by atoms with Gasteiger partial charge in [-0.1, -0.05) is 252 Å². The number of hydrogen-bond donors (Lipinski definition) is 0. The lowest BCUT2D eigenvalue weighted by Crippen LogP contribution is -2.60. The van der Waals surface area contributed by atoms with Crippen molar-refractivity contribution >= 4 is 40.2 Å². The number of hydrogen-bond acceptors (Lipinski definition) is 1.